The Balaban J connectivity index is 2.12. The van der Waals surface area contributed by atoms with E-state index in [0.29, 0.717) is 5.92 Å². The third-order valence-electron chi connectivity index (χ3n) is 4.28. The zero-order valence-electron chi connectivity index (χ0n) is 13.1. The molecule has 2 fully saturated rings. The van der Waals surface area contributed by atoms with E-state index in [1.807, 2.05) is 6.92 Å². The first-order valence-electron chi connectivity index (χ1n) is 7.73. The molecule has 1 heterocycles. The number of hydrogen-bond acceptors (Lipinski definition) is 5. The normalized spacial score (nSPS) is 30.8. The van der Waals surface area contributed by atoms with E-state index < -0.39 is 5.54 Å². The lowest BCUT2D eigenvalue weighted by atomic mass is 9.91. The van der Waals surface area contributed by atoms with Gasteiger partial charge in [-0.3, -0.25) is 4.90 Å². The Bertz CT molecular complexity index is 336. The Hall–Kier alpha value is -0.650. The first-order chi connectivity index (χ1) is 9.51. The molecule has 3 unspecified atom stereocenters. The highest BCUT2D eigenvalue weighted by Crippen LogP contribution is 2.41. The summed E-state index contributed by atoms with van der Waals surface area (Å²) in [5.41, 5.74) is -0.541. The Morgan fingerprint density at radius 2 is 1.95 bits per heavy atom. The maximum Gasteiger partial charge on any atom is 0.327 e. The lowest BCUT2D eigenvalue weighted by Gasteiger charge is -2.41. The number of rotatable bonds is 6. The van der Waals surface area contributed by atoms with Gasteiger partial charge in [-0.05, 0) is 39.2 Å². The van der Waals surface area contributed by atoms with Gasteiger partial charge in [0, 0.05) is 19.6 Å². The molecule has 5 nitrogen and oxygen atoms in total. The van der Waals surface area contributed by atoms with Crippen molar-refractivity contribution < 1.29 is 14.3 Å². The lowest BCUT2D eigenvalue weighted by Crippen LogP contribution is -2.63. The minimum atomic E-state index is -0.541. The predicted octanol–water partition coefficient (Wildman–Crippen LogP) is 1.03. The summed E-state index contributed by atoms with van der Waals surface area (Å²) in [4.78, 5) is 14.7. The van der Waals surface area contributed by atoms with Crippen LogP contribution < -0.4 is 5.32 Å². The quantitative estimate of drug-likeness (QED) is 0.738. The topological polar surface area (TPSA) is 50.8 Å². The molecule has 0 radical (unpaired) electrons. The molecule has 1 saturated carbocycles. The standard InChI is InChI=1S/C15H28N2O3/c1-5-16-15(13-6-7-13,14(18)19-4)10-17-8-11(2)20-12(3)9-17/h11-13,16H,5-10H2,1-4H3. The van der Waals surface area contributed by atoms with Gasteiger partial charge in [-0.15, -0.1) is 0 Å². The molecule has 1 saturated heterocycles. The largest absolute Gasteiger partial charge is 0.468 e. The van der Waals surface area contributed by atoms with Gasteiger partial charge < -0.3 is 14.8 Å². The molecule has 0 spiro atoms. The van der Waals surface area contributed by atoms with E-state index in [2.05, 4.69) is 24.1 Å². The van der Waals surface area contributed by atoms with Gasteiger partial charge in [0.25, 0.3) is 0 Å². The van der Waals surface area contributed by atoms with Crippen molar-refractivity contribution in [3.63, 3.8) is 0 Å². The number of hydrogen-bond donors (Lipinski definition) is 1. The smallest absolute Gasteiger partial charge is 0.327 e. The van der Waals surface area contributed by atoms with Crippen LogP contribution in [-0.4, -0.2) is 61.9 Å². The van der Waals surface area contributed by atoms with Crippen molar-refractivity contribution in [1.29, 1.82) is 0 Å². The van der Waals surface area contributed by atoms with Crippen molar-refractivity contribution in [1.82, 2.24) is 10.2 Å². The third-order valence-corrected chi connectivity index (χ3v) is 4.28. The molecule has 116 valence electrons. The average molecular weight is 284 g/mol. The summed E-state index contributed by atoms with van der Waals surface area (Å²) in [5, 5.41) is 3.43. The van der Waals surface area contributed by atoms with E-state index >= 15 is 0 Å². The van der Waals surface area contributed by atoms with Gasteiger partial charge in [0.15, 0.2) is 0 Å². The molecular formula is C15H28N2O3. The van der Waals surface area contributed by atoms with E-state index in [1.165, 1.54) is 7.11 Å². The van der Waals surface area contributed by atoms with Crippen LogP contribution in [0.15, 0.2) is 0 Å². The van der Waals surface area contributed by atoms with E-state index in [9.17, 15) is 4.79 Å². The number of ether oxygens (including phenoxy) is 2. The number of carbonyl (C=O) groups is 1. The molecule has 5 heteroatoms. The zero-order chi connectivity index (χ0) is 14.8. The summed E-state index contributed by atoms with van der Waals surface area (Å²) in [7, 11) is 1.49. The Morgan fingerprint density at radius 1 is 1.35 bits per heavy atom. The molecule has 0 bridgehead atoms. The Kier molecular flexibility index (Phi) is 5.04. The van der Waals surface area contributed by atoms with Crippen LogP contribution in [0.2, 0.25) is 0 Å². The highest BCUT2D eigenvalue weighted by atomic mass is 16.5. The van der Waals surface area contributed by atoms with Crippen molar-refractivity contribution in [2.75, 3.05) is 33.3 Å². The number of nitrogens with zero attached hydrogens (tertiary/aromatic N) is 1. The molecule has 0 aromatic heterocycles. The number of carbonyl (C=O) groups excluding carboxylic acids is 1. The van der Waals surface area contributed by atoms with Crippen molar-refractivity contribution in [2.24, 2.45) is 5.92 Å². The zero-order valence-corrected chi connectivity index (χ0v) is 13.1. The predicted molar refractivity (Wildman–Crippen MR) is 77.6 cm³/mol. The molecule has 1 aliphatic carbocycles. The minimum absolute atomic E-state index is 0.117. The highest BCUT2D eigenvalue weighted by Gasteiger charge is 2.52. The molecule has 3 atom stereocenters. The fourth-order valence-corrected chi connectivity index (χ4v) is 3.47. The van der Waals surface area contributed by atoms with Gasteiger partial charge in [0.1, 0.15) is 5.54 Å². The SMILES string of the molecule is CCNC(CN1CC(C)OC(C)C1)(C(=O)OC)C1CC1. The minimum Gasteiger partial charge on any atom is -0.468 e. The molecular weight excluding hydrogens is 256 g/mol. The van der Waals surface area contributed by atoms with Gasteiger partial charge in [-0.1, -0.05) is 6.92 Å². The molecule has 1 N–H and O–H groups in total. The monoisotopic (exact) mass is 284 g/mol. The van der Waals surface area contributed by atoms with Crippen LogP contribution in [0.25, 0.3) is 0 Å². The second-order valence-corrected chi connectivity index (χ2v) is 6.22. The Labute approximate surface area is 122 Å². The summed E-state index contributed by atoms with van der Waals surface area (Å²) < 4.78 is 10.9. The summed E-state index contributed by atoms with van der Waals surface area (Å²) in [6.45, 7) is 9.48. The fraction of sp³-hybridized carbons (Fsp3) is 0.933. The summed E-state index contributed by atoms with van der Waals surface area (Å²) in [5.74, 6) is 0.289. The average Bonchev–Trinajstić information content (AvgIpc) is 3.20. The number of likely N-dealkylation sites (N-methyl/N-ethyl adjacent to an activating group) is 1. The lowest BCUT2D eigenvalue weighted by molar-refractivity contribution is -0.152. The first kappa shape index (κ1) is 15.7. The molecule has 2 aliphatic rings. The van der Waals surface area contributed by atoms with Crippen molar-refractivity contribution in [3.8, 4) is 0 Å². The molecule has 2 rings (SSSR count). The van der Waals surface area contributed by atoms with Gasteiger partial charge in [-0.25, -0.2) is 4.79 Å². The maximum atomic E-state index is 12.4. The highest BCUT2D eigenvalue weighted by molar-refractivity contribution is 5.82. The van der Waals surface area contributed by atoms with E-state index in [1.54, 1.807) is 0 Å². The van der Waals surface area contributed by atoms with E-state index in [-0.39, 0.29) is 18.2 Å². The van der Waals surface area contributed by atoms with Crippen LogP contribution >= 0.6 is 0 Å². The van der Waals surface area contributed by atoms with Crippen LogP contribution in [0, 0.1) is 5.92 Å². The summed E-state index contributed by atoms with van der Waals surface area (Å²) in [6.07, 6.45) is 2.65. The third kappa shape index (κ3) is 3.32. The fourth-order valence-electron chi connectivity index (χ4n) is 3.47. The number of morpholine rings is 1. The van der Waals surface area contributed by atoms with Crippen LogP contribution in [-0.2, 0) is 14.3 Å². The summed E-state index contributed by atoms with van der Waals surface area (Å²) in [6, 6.07) is 0. The molecule has 0 aromatic carbocycles. The van der Waals surface area contributed by atoms with Crippen molar-refractivity contribution in [3.05, 3.63) is 0 Å². The molecule has 1 aliphatic heterocycles. The number of nitrogens with one attached hydrogen (secondary N) is 1. The van der Waals surface area contributed by atoms with Crippen LogP contribution in [0.4, 0.5) is 0 Å². The Morgan fingerprint density at radius 3 is 2.40 bits per heavy atom. The van der Waals surface area contributed by atoms with Gasteiger partial charge >= 0.3 is 5.97 Å². The molecule has 0 amide bonds. The first-order valence-corrected chi connectivity index (χ1v) is 7.73. The molecule has 20 heavy (non-hydrogen) atoms. The van der Waals surface area contributed by atoms with E-state index in [4.69, 9.17) is 9.47 Å². The van der Waals surface area contributed by atoms with Gasteiger partial charge in [-0.2, -0.15) is 0 Å². The van der Waals surface area contributed by atoms with Gasteiger partial charge in [0.05, 0.1) is 19.3 Å². The van der Waals surface area contributed by atoms with E-state index in [0.717, 1.165) is 39.0 Å². The second-order valence-electron chi connectivity index (χ2n) is 6.22. The van der Waals surface area contributed by atoms with Crippen LogP contribution in [0.1, 0.15) is 33.6 Å². The summed E-state index contributed by atoms with van der Waals surface area (Å²) >= 11 is 0. The maximum absolute atomic E-state index is 12.4. The van der Waals surface area contributed by atoms with Crippen molar-refractivity contribution in [2.45, 2.75) is 51.4 Å². The number of methoxy groups -OCH3 is 1. The molecule has 0 aromatic rings. The van der Waals surface area contributed by atoms with Crippen molar-refractivity contribution >= 4 is 5.97 Å². The van der Waals surface area contributed by atoms with Crippen LogP contribution in [0.3, 0.4) is 0 Å². The second kappa shape index (κ2) is 6.41. The number of esters is 1. The van der Waals surface area contributed by atoms with Crippen LogP contribution in [0.5, 0.6) is 0 Å². The van der Waals surface area contributed by atoms with Gasteiger partial charge in [0.2, 0.25) is 0 Å².